The highest BCUT2D eigenvalue weighted by Gasteiger charge is 2.14. The van der Waals surface area contributed by atoms with E-state index in [-0.39, 0.29) is 17.0 Å². The fourth-order valence-electron chi connectivity index (χ4n) is 1.09. The Morgan fingerprint density at radius 1 is 1.64 bits per heavy atom. The normalized spacial score (nSPS) is 9.50. The maximum Gasteiger partial charge on any atom is 0.337 e. The molecule has 0 radical (unpaired) electrons. The van der Waals surface area contributed by atoms with Gasteiger partial charge in [0, 0.05) is 10.8 Å². The van der Waals surface area contributed by atoms with Crippen LogP contribution >= 0.6 is 24.2 Å². The van der Waals surface area contributed by atoms with Crippen molar-refractivity contribution in [3.8, 4) is 6.07 Å². The van der Waals surface area contributed by atoms with Gasteiger partial charge in [0.2, 0.25) is 0 Å². The van der Waals surface area contributed by atoms with Gasteiger partial charge in [-0.1, -0.05) is 0 Å². The maximum absolute atomic E-state index is 10.8. The van der Waals surface area contributed by atoms with Crippen LogP contribution in [0.5, 0.6) is 0 Å². The van der Waals surface area contributed by atoms with E-state index in [4.69, 9.17) is 22.0 Å². The first kappa shape index (κ1) is 10.9. The fourth-order valence-corrected chi connectivity index (χ4v) is 1.59. The number of carboxylic acids is 1. The number of carbonyl (C=O) groups is 1. The van der Waals surface area contributed by atoms with Crippen molar-refractivity contribution >= 4 is 30.2 Å². The molecule has 0 spiro atoms. The molecule has 0 atom stereocenters. The monoisotopic (exact) mass is 227 g/mol. The number of halogens is 1. The van der Waals surface area contributed by atoms with E-state index < -0.39 is 5.97 Å². The summed E-state index contributed by atoms with van der Waals surface area (Å²) >= 11 is 9.61. The fraction of sp³-hybridized carbons (Fsp3) is 0.111. The summed E-state index contributed by atoms with van der Waals surface area (Å²) in [5, 5.41) is 17.6. The lowest BCUT2D eigenvalue weighted by atomic mass is 10.0. The second kappa shape index (κ2) is 4.36. The first-order chi connectivity index (χ1) is 6.60. The van der Waals surface area contributed by atoms with E-state index in [0.717, 1.165) is 0 Å². The van der Waals surface area contributed by atoms with E-state index in [1.54, 1.807) is 6.07 Å². The summed E-state index contributed by atoms with van der Waals surface area (Å²) in [6.07, 6.45) is 0. The summed E-state index contributed by atoms with van der Waals surface area (Å²) in [6, 6.07) is 4.74. The SMILES string of the molecule is N#Cc1c(CCl)cc(S)cc1C(=O)O. The topological polar surface area (TPSA) is 61.1 Å². The second-order valence-corrected chi connectivity index (χ2v) is 3.36. The molecule has 0 saturated heterocycles. The van der Waals surface area contributed by atoms with Gasteiger partial charge in [0.15, 0.2) is 0 Å². The van der Waals surface area contributed by atoms with E-state index in [2.05, 4.69) is 12.6 Å². The standard InChI is InChI=1S/C9H6ClNO2S/c10-3-5-1-6(14)2-7(9(12)13)8(5)4-11/h1-2,14H,3H2,(H,12,13). The zero-order chi connectivity index (χ0) is 10.7. The van der Waals surface area contributed by atoms with Crippen LogP contribution in [0.3, 0.4) is 0 Å². The third-order valence-electron chi connectivity index (χ3n) is 1.69. The van der Waals surface area contributed by atoms with E-state index in [1.807, 2.05) is 6.07 Å². The quantitative estimate of drug-likeness (QED) is 0.602. The van der Waals surface area contributed by atoms with Gasteiger partial charge in [0.05, 0.1) is 11.1 Å². The van der Waals surface area contributed by atoms with Gasteiger partial charge in [-0.25, -0.2) is 4.79 Å². The molecule has 1 aromatic rings. The van der Waals surface area contributed by atoms with Gasteiger partial charge in [-0.15, -0.1) is 24.2 Å². The molecule has 0 saturated carbocycles. The number of hydrogen-bond acceptors (Lipinski definition) is 3. The van der Waals surface area contributed by atoms with Crippen LogP contribution in [0.1, 0.15) is 21.5 Å². The molecule has 0 aliphatic rings. The predicted octanol–water partition coefficient (Wildman–Crippen LogP) is 2.28. The lowest BCUT2D eigenvalue weighted by Gasteiger charge is -2.04. The van der Waals surface area contributed by atoms with Crippen molar-refractivity contribution in [1.29, 1.82) is 5.26 Å². The van der Waals surface area contributed by atoms with Gasteiger partial charge in [-0.3, -0.25) is 0 Å². The van der Waals surface area contributed by atoms with E-state index in [1.165, 1.54) is 6.07 Å². The third-order valence-corrected chi connectivity index (χ3v) is 2.24. The van der Waals surface area contributed by atoms with Crippen molar-refractivity contribution in [3.63, 3.8) is 0 Å². The van der Waals surface area contributed by atoms with Crippen LogP contribution in [-0.4, -0.2) is 11.1 Å². The number of nitrogens with zero attached hydrogens (tertiary/aromatic N) is 1. The number of carboxylic acid groups (broad SMARTS) is 1. The summed E-state index contributed by atoms with van der Waals surface area (Å²) in [5.41, 5.74) is 0.528. The summed E-state index contributed by atoms with van der Waals surface area (Å²) in [5.74, 6) is -1.05. The molecule has 0 fully saturated rings. The first-order valence-electron chi connectivity index (χ1n) is 3.65. The van der Waals surface area contributed by atoms with E-state index in [0.29, 0.717) is 10.5 Å². The molecule has 72 valence electrons. The largest absolute Gasteiger partial charge is 0.478 e. The van der Waals surface area contributed by atoms with E-state index in [9.17, 15) is 4.79 Å². The molecule has 0 amide bonds. The minimum absolute atomic E-state index is 0.0596. The Balaban J connectivity index is 3.49. The molecule has 1 rings (SSSR count). The number of alkyl halides is 1. The van der Waals surface area contributed by atoms with Gasteiger partial charge in [0.1, 0.15) is 6.07 Å². The van der Waals surface area contributed by atoms with Crippen LogP contribution in [0.15, 0.2) is 17.0 Å². The van der Waals surface area contributed by atoms with Crippen molar-refractivity contribution in [2.75, 3.05) is 0 Å². The second-order valence-electron chi connectivity index (χ2n) is 2.58. The number of nitriles is 1. The average molecular weight is 228 g/mol. The molecule has 1 N–H and O–H groups in total. The third kappa shape index (κ3) is 2.00. The molecule has 14 heavy (non-hydrogen) atoms. The number of benzene rings is 1. The van der Waals surface area contributed by atoms with E-state index >= 15 is 0 Å². The van der Waals surface area contributed by atoms with Crippen molar-refractivity contribution in [2.45, 2.75) is 10.8 Å². The zero-order valence-electron chi connectivity index (χ0n) is 6.99. The number of aromatic carboxylic acids is 1. The highest BCUT2D eigenvalue weighted by molar-refractivity contribution is 7.80. The van der Waals surface area contributed by atoms with Crippen molar-refractivity contribution in [2.24, 2.45) is 0 Å². The Hall–Kier alpha value is -1.18. The molecule has 0 aliphatic carbocycles. The summed E-state index contributed by atoms with van der Waals surface area (Å²) in [7, 11) is 0. The van der Waals surface area contributed by atoms with Crippen LogP contribution in [-0.2, 0) is 5.88 Å². The maximum atomic E-state index is 10.8. The Labute approximate surface area is 91.3 Å². The van der Waals surface area contributed by atoms with Crippen LogP contribution in [0.2, 0.25) is 0 Å². The molecule has 5 heteroatoms. The van der Waals surface area contributed by atoms with Crippen molar-refractivity contribution in [1.82, 2.24) is 0 Å². The molecule has 0 bridgehead atoms. The number of thiol groups is 1. The average Bonchev–Trinajstić information content (AvgIpc) is 2.16. The van der Waals surface area contributed by atoms with Crippen LogP contribution < -0.4 is 0 Å². The molecule has 0 aliphatic heterocycles. The number of hydrogen-bond donors (Lipinski definition) is 2. The van der Waals surface area contributed by atoms with Gasteiger partial charge < -0.3 is 5.11 Å². The molecule has 1 aromatic carbocycles. The van der Waals surface area contributed by atoms with Crippen LogP contribution in [0, 0.1) is 11.3 Å². The minimum Gasteiger partial charge on any atom is -0.478 e. The molecule has 0 heterocycles. The highest BCUT2D eigenvalue weighted by atomic mass is 35.5. The summed E-state index contributed by atoms with van der Waals surface area (Å²) < 4.78 is 0. The molecular formula is C9H6ClNO2S. The van der Waals surface area contributed by atoms with Gasteiger partial charge in [0.25, 0.3) is 0 Å². The minimum atomic E-state index is -1.15. The van der Waals surface area contributed by atoms with Gasteiger partial charge in [-0.05, 0) is 17.7 Å². The predicted molar refractivity (Wildman–Crippen MR) is 54.9 cm³/mol. The van der Waals surface area contributed by atoms with Gasteiger partial charge >= 0.3 is 5.97 Å². The van der Waals surface area contributed by atoms with Gasteiger partial charge in [-0.2, -0.15) is 5.26 Å². The van der Waals surface area contributed by atoms with Crippen molar-refractivity contribution < 1.29 is 9.90 Å². The lowest BCUT2D eigenvalue weighted by Crippen LogP contribution is -2.03. The Bertz CT molecular complexity index is 426. The zero-order valence-corrected chi connectivity index (χ0v) is 8.64. The molecular weight excluding hydrogens is 222 g/mol. The number of rotatable bonds is 2. The first-order valence-corrected chi connectivity index (χ1v) is 4.63. The smallest absolute Gasteiger partial charge is 0.337 e. The highest BCUT2D eigenvalue weighted by Crippen LogP contribution is 2.21. The van der Waals surface area contributed by atoms with Crippen LogP contribution in [0.25, 0.3) is 0 Å². The Morgan fingerprint density at radius 2 is 2.29 bits per heavy atom. The molecule has 0 unspecified atom stereocenters. The van der Waals surface area contributed by atoms with Crippen molar-refractivity contribution in [3.05, 3.63) is 28.8 Å². The van der Waals surface area contributed by atoms with Crippen LogP contribution in [0.4, 0.5) is 0 Å². The lowest BCUT2D eigenvalue weighted by molar-refractivity contribution is 0.0696. The Morgan fingerprint density at radius 3 is 2.71 bits per heavy atom. The Kier molecular flexibility index (Phi) is 3.39. The molecule has 3 nitrogen and oxygen atoms in total. The molecule has 0 aromatic heterocycles. The summed E-state index contributed by atoms with van der Waals surface area (Å²) in [4.78, 5) is 11.3. The summed E-state index contributed by atoms with van der Waals surface area (Å²) in [6.45, 7) is 0.